The average molecular weight is 279 g/mol. The number of pyridine rings is 1. The van der Waals surface area contributed by atoms with Gasteiger partial charge in [0.2, 0.25) is 0 Å². The molecule has 3 aromatic rings. The highest BCUT2D eigenvalue weighted by molar-refractivity contribution is 5.83. The van der Waals surface area contributed by atoms with Gasteiger partial charge in [-0.15, -0.1) is 0 Å². The van der Waals surface area contributed by atoms with Crippen molar-refractivity contribution in [1.82, 2.24) is 14.9 Å². The minimum atomic E-state index is 0.499. The summed E-state index contributed by atoms with van der Waals surface area (Å²) in [6, 6.07) is 13.4. The van der Waals surface area contributed by atoms with E-state index in [1.54, 1.807) is 0 Å². The van der Waals surface area contributed by atoms with Crippen molar-refractivity contribution in [3.05, 3.63) is 66.1 Å². The molecule has 21 heavy (non-hydrogen) atoms. The summed E-state index contributed by atoms with van der Waals surface area (Å²) in [5.74, 6) is 0. The van der Waals surface area contributed by atoms with Gasteiger partial charge in [0.1, 0.15) is 0 Å². The summed E-state index contributed by atoms with van der Waals surface area (Å²) < 4.78 is 2.30. The number of nitrogens with zero attached hydrogens (tertiary/aromatic N) is 2. The summed E-state index contributed by atoms with van der Waals surface area (Å²) in [6.45, 7) is 6.14. The van der Waals surface area contributed by atoms with Crippen LogP contribution in [0.2, 0.25) is 0 Å². The summed E-state index contributed by atoms with van der Waals surface area (Å²) in [4.78, 5) is 4.07. The maximum Gasteiger partial charge on any atom is 0.0486 e. The largest absolute Gasteiger partial charge is 0.343 e. The zero-order valence-electron chi connectivity index (χ0n) is 12.6. The summed E-state index contributed by atoms with van der Waals surface area (Å²) >= 11 is 0. The maximum absolute atomic E-state index is 4.07. The Morgan fingerprint density at radius 2 is 1.90 bits per heavy atom. The molecule has 0 saturated heterocycles. The Morgan fingerprint density at radius 3 is 2.67 bits per heavy atom. The second-order valence-corrected chi connectivity index (χ2v) is 5.68. The molecule has 3 nitrogen and oxygen atoms in total. The molecule has 0 saturated carbocycles. The van der Waals surface area contributed by atoms with Gasteiger partial charge in [-0.25, -0.2) is 0 Å². The number of hydrogen-bond donors (Lipinski definition) is 1. The first kappa shape index (κ1) is 13.8. The fourth-order valence-electron chi connectivity index (χ4n) is 2.58. The molecular weight excluding hydrogens is 258 g/mol. The van der Waals surface area contributed by atoms with Crippen LogP contribution in [0.1, 0.15) is 25.0 Å². The molecule has 0 fully saturated rings. The predicted octanol–water partition coefficient (Wildman–Crippen LogP) is 3.58. The average Bonchev–Trinajstić information content (AvgIpc) is 2.90. The van der Waals surface area contributed by atoms with E-state index in [9.17, 15) is 0 Å². The van der Waals surface area contributed by atoms with E-state index in [2.05, 4.69) is 71.3 Å². The molecule has 0 bridgehead atoms. The van der Waals surface area contributed by atoms with Crippen molar-refractivity contribution in [2.75, 3.05) is 0 Å². The van der Waals surface area contributed by atoms with E-state index >= 15 is 0 Å². The van der Waals surface area contributed by atoms with Gasteiger partial charge in [-0.1, -0.05) is 26.0 Å². The van der Waals surface area contributed by atoms with Crippen LogP contribution in [0.3, 0.4) is 0 Å². The van der Waals surface area contributed by atoms with Crippen LogP contribution < -0.4 is 5.32 Å². The van der Waals surface area contributed by atoms with Crippen LogP contribution in [0, 0.1) is 0 Å². The maximum atomic E-state index is 4.07. The third-order valence-corrected chi connectivity index (χ3v) is 3.71. The van der Waals surface area contributed by atoms with Gasteiger partial charge in [-0.05, 0) is 35.4 Å². The van der Waals surface area contributed by atoms with Crippen LogP contribution in [0.15, 0.2) is 55.0 Å². The third kappa shape index (κ3) is 3.14. The zero-order valence-corrected chi connectivity index (χ0v) is 12.6. The van der Waals surface area contributed by atoms with E-state index < -0.39 is 0 Å². The molecule has 0 unspecified atom stereocenters. The van der Waals surface area contributed by atoms with Crippen LogP contribution in [-0.4, -0.2) is 15.6 Å². The number of benzene rings is 1. The molecule has 2 heterocycles. The minimum absolute atomic E-state index is 0.499. The van der Waals surface area contributed by atoms with Gasteiger partial charge in [0.15, 0.2) is 0 Å². The van der Waals surface area contributed by atoms with Crippen molar-refractivity contribution in [2.24, 2.45) is 0 Å². The van der Waals surface area contributed by atoms with Gasteiger partial charge < -0.3 is 9.88 Å². The van der Waals surface area contributed by atoms with Crippen molar-refractivity contribution in [2.45, 2.75) is 33.0 Å². The Bertz CT molecular complexity index is 714. The summed E-state index contributed by atoms with van der Waals surface area (Å²) in [7, 11) is 0. The molecule has 0 aliphatic rings. The highest BCUT2D eigenvalue weighted by atomic mass is 15.0. The van der Waals surface area contributed by atoms with Crippen molar-refractivity contribution in [3.8, 4) is 0 Å². The van der Waals surface area contributed by atoms with Crippen LogP contribution in [0.4, 0.5) is 0 Å². The minimum Gasteiger partial charge on any atom is -0.343 e. The van der Waals surface area contributed by atoms with Crippen LogP contribution in [0.25, 0.3) is 10.9 Å². The monoisotopic (exact) mass is 279 g/mol. The third-order valence-electron chi connectivity index (χ3n) is 3.71. The van der Waals surface area contributed by atoms with Gasteiger partial charge >= 0.3 is 0 Å². The predicted molar refractivity (Wildman–Crippen MR) is 87.3 cm³/mol. The Hall–Kier alpha value is -2.13. The van der Waals surface area contributed by atoms with Gasteiger partial charge in [-0.3, -0.25) is 4.98 Å². The molecule has 0 spiro atoms. The molecular formula is C18H21N3. The molecule has 3 rings (SSSR count). The first-order valence-corrected chi connectivity index (χ1v) is 7.43. The molecule has 0 radical (unpaired) electrons. The van der Waals surface area contributed by atoms with Gasteiger partial charge in [-0.2, -0.15) is 0 Å². The fraction of sp³-hybridized carbons (Fsp3) is 0.278. The smallest absolute Gasteiger partial charge is 0.0486 e. The number of nitrogens with one attached hydrogen (secondary N) is 1. The van der Waals surface area contributed by atoms with Gasteiger partial charge in [0.05, 0.1) is 0 Å². The molecule has 3 heteroatoms. The second kappa shape index (κ2) is 6.10. The van der Waals surface area contributed by atoms with Crippen LogP contribution in [0.5, 0.6) is 0 Å². The Morgan fingerprint density at radius 1 is 1.10 bits per heavy atom. The zero-order chi connectivity index (χ0) is 14.7. The Kier molecular flexibility index (Phi) is 4.02. The first-order valence-electron chi connectivity index (χ1n) is 7.43. The number of fused-ring (bicyclic) bond motifs is 1. The molecule has 0 aliphatic carbocycles. The molecule has 108 valence electrons. The molecule has 0 amide bonds. The van der Waals surface area contributed by atoms with E-state index in [1.165, 1.54) is 22.0 Å². The van der Waals surface area contributed by atoms with E-state index in [1.807, 2.05) is 12.4 Å². The van der Waals surface area contributed by atoms with Gasteiger partial charge in [0.25, 0.3) is 0 Å². The molecule has 0 atom stereocenters. The van der Waals surface area contributed by atoms with Crippen molar-refractivity contribution >= 4 is 10.9 Å². The number of rotatable bonds is 5. The lowest BCUT2D eigenvalue weighted by molar-refractivity contribution is 0.590. The quantitative estimate of drug-likeness (QED) is 0.773. The molecule has 0 aliphatic heterocycles. The SMILES string of the molecule is CC(C)NCc1cccc2c1ccn2Cc1ccncc1. The summed E-state index contributed by atoms with van der Waals surface area (Å²) in [6.07, 6.45) is 5.86. The highest BCUT2D eigenvalue weighted by Gasteiger charge is 2.06. The Labute approximate surface area is 125 Å². The molecule has 2 aromatic heterocycles. The Balaban J connectivity index is 1.90. The lowest BCUT2D eigenvalue weighted by Crippen LogP contribution is -2.21. The summed E-state index contributed by atoms with van der Waals surface area (Å²) in [5.41, 5.74) is 3.91. The topological polar surface area (TPSA) is 29.9 Å². The lowest BCUT2D eigenvalue weighted by Gasteiger charge is -2.10. The summed E-state index contributed by atoms with van der Waals surface area (Å²) in [5, 5.41) is 4.83. The van der Waals surface area contributed by atoms with E-state index in [0.717, 1.165) is 13.1 Å². The number of aromatic nitrogens is 2. The highest BCUT2D eigenvalue weighted by Crippen LogP contribution is 2.21. The first-order chi connectivity index (χ1) is 10.2. The lowest BCUT2D eigenvalue weighted by atomic mass is 10.1. The molecule has 1 N–H and O–H groups in total. The van der Waals surface area contributed by atoms with Crippen LogP contribution >= 0.6 is 0 Å². The fourth-order valence-corrected chi connectivity index (χ4v) is 2.58. The van der Waals surface area contributed by atoms with E-state index in [4.69, 9.17) is 0 Å². The van der Waals surface area contributed by atoms with Gasteiger partial charge in [0, 0.05) is 48.6 Å². The normalized spacial score (nSPS) is 11.4. The van der Waals surface area contributed by atoms with Crippen molar-refractivity contribution < 1.29 is 0 Å². The van der Waals surface area contributed by atoms with Crippen LogP contribution in [-0.2, 0) is 13.1 Å². The van der Waals surface area contributed by atoms with Crippen molar-refractivity contribution in [3.63, 3.8) is 0 Å². The molecule has 1 aromatic carbocycles. The van der Waals surface area contributed by atoms with E-state index in [0.29, 0.717) is 6.04 Å². The standard InChI is InChI=1S/C18H21N3/c1-14(2)20-12-16-4-3-5-18-17(16)8-11-21(18)13-15-6-9-19-10-7-15/h3-11,14,20H,12-13H2,1-2H3. The van der Waals surface area contributed by atoms with Crippen molar-refractivity contribution in [1.29, 1.82) is 0 Å². The number of hydrogen-bond acceptors (Lipinski definition) is 2. The second-order valence-electron chi connectivity index (χ2n) is 5.68. The van der Waals surface area contributed by atoms with E-state index in [-0.39, 0.29) is 0 Å².